The highest BCUT2D eigenvalue weighted by Crippen LogP contribution is 2.39. The van der Waals surface area contributed by atoms with E-state index in [2.05, 4.69) is 7.28 Å². The molecule has 47 valence electrons. The van der Waals surface area contributed by atoms with Crippen molar-refractivity contribution in [2.75, 3.05) is 0 Å². The largest absolute Gasteiger partial charge is 0.300 e. The highest BCUT2D eigenvalue weighted by atomic mass is 16.1. The first kappa shape index (κ1) is 5.51. The van der Waals surface area contributed by atoms with Crippen molar-refractivity contribution >= 4 is 13.1 Å². The predicted octanol–water partition coefficient (Wildman–Crippen LogP) is 1.14. The molecule has 1 radical (unpaired) electrons. The minimum absolute atomic E-state index is 0.498. The lowest BCUT2D eigenvalue weighted by Crippen LogP contribution is -1.94. The third-order valence-corrected chi connectivity index (χ3v) is 2.59. The molecule has 9 heavy (non-hydrogen) atoms. The summed E-state index contributed by atoms with van der Waals surface area (Å²) < 4.78 is 0. The average molecular weight is 121 g/mol. The van der Waals surface area contributed by atoms with E-state index in [9.17, 15) is 4.79 Å². The predicted molar refractivity (Wildman–Crippen MR) is 36.6 cm³/mol. The van der Waals surface area contributed by atoms with Gasteiger partial charge in [0, 0.05) is 12.8 Å². The quantitative estimate of drug-likeness (QED) is 0.439. The summed E-state index contributed by atoms with van der Waals surface area (Å²) in [5, 5.41) is 0. The number of rotatable bonds is 0. The van der Waals surface area contributed by atoms with Gasteiger partial charge in [0.25, 0.3) is 0 Å². The van der Waals surface area contributed by atoms with Crippen LogP contribution in [0.5, 0.6) is 0 Å². The first-order chi connectivity index (χ1) is 4.36. The zero-order chi connectivity index (χ0) is 6.27. The molecule has 0 aromatic rings. The molecule has 2 atom stereocenters. The lowest BCUT2D eigenvalue weighted by molar-refractivity contribution is -0.117. The molecule has 1 heterocycles. The molecule has 0 bridgehead atoms. The molecule has 0 N–H and O–H groups in total. The number of ketones is 1. The molecule has 0 amide bonds. The number of carbonyl (C=O) groups is 1. The Hall–Kier alpha value is -0.265. The van der Waals surface area contributed by atoms with Gasteiger partial charge >= 0.3 is 0 Å². The van der Waals surface area contributed by atoms with Gasteiger partial charge < -0.3 is 0 Å². The number of fused-ring (bicyclic) bond motifs is 1. The molecule has 1 saturated carbocycles. The molecular formula is C7H10BO. The van der Waals surface area contributed by atoms with E-state index in [0.29, 0.717) is 5.78 Å². The van der Waals surface area contributed by atoms with E-state index in [0.717, 1.165) is 24.7 Å². The molecule has 0 aromatic carbocycles. The highest BCUT2D eigenvalue weighted by molar-refractivity contribution is 6.37. The summed E-state index contributed by atoms with van der Waals surface area (Å²) in [5.74, 6) is 1.99. The Morgan fingerprint density at radius 1 is 1.22 bits per heavy atom. The van der Waals surface area contributed by atoms with Crippen LogP contribution in [0.1, 0.15) is 12.8 Å². The van der Waals surface area contributed by atoms with Crippen LogP contribution in [-0.4, -0.2) is 13.1 Å². The first-order valence-corrected chi connectivity index (χ1v) is 3.69. The van der Waals surface area contributed by atoms with Crippen molar-refractivity contribution < 1.29 is 4.79 Å². The van der Waals surface area contributed by atoms with Crippen molar-refractivity contribution in [3.63, 3.8) is 0 Å². The number of carbonyl (C=O) groups excluding carboxylic acids is 1. The van der Waals surface area contributed by atoms with Crippen molar-refractivity contribution in [2.45, 2.75) is 25.5 Å². The molecule has 2 unspecified atom stereocenters. The first-order valence-electron chi connectivity index (χ1n) is 3.69. The van der Waals surface area contributed by atoms with E-state index in [1.54, 1.807) is 0 Å². The van der Waals surface area contributed by atoms with Gasteiger partial charge in [0.1, 0.15) is 13.1 Å². The van der Waals surface area contributed by atoms with Crippen LogP contribution in [0.4, 0.5) is 0 Å². The lowest BCUT2D eigenvalue weighted by atomic mass is 9.74. The topological polar surface area (TPSA) is 17.1 Å². The summed E-state index contributed by atoms with van der Waals surface area (Å²) >= 11 is 0. The Morgan fingerprint density at radius 3 is 2.33 bits per heavy atom. The van der Waals surface area contributed by atoms with E-state index in [4.69, 9.17) is 0 Å². The van der Waals surface area contributed by atoms with Gasteiger partial charge in [0.2, 0.25) is 0 Å². The van der Waals surface area contributed by atoms with Crippen LogP contribution in [-0.2, 0) is 4.79 Å². The van der Waals surface area contributed by atoms with Crippen LogP contribution in [0.2, 0.25) is 12.6 Å². The van der Waals surface area contributed by atoms with Gasteiger partial charge in [0.15, 0.2) is 0 Å². The summed E-state index contributed by atoms with van der Waals surface area (Å²) in [6.45, 7) is 0. The Morgan fingerprint density at radius 2 is 1.78 bits per heavy atom. The molecule has 2 aliphatic rings. The van der Waals surface area contributed by atoms with E-state index in [1.807, 2.05) is 0 Å². The standard InChI is InChI=1S/C7H10BO/c9-7-1-5-3-8-4-6(5)2-7/h5-6H,1-4H2. The van der Waals surface area contributed by atoms with Crippen LogP contribution in [0.25, 0.3) is 0 Å². The summed E-state index contributed by atoms with van der Waals surface area (Å²) in [7, 11) is 2.34. The van der Waals surface area contributed by atoms with Crippen molar-refractivity contribution in [2.24, 2.45) is 11.8 Å². The zero-order valence-electron chi connectivity index (χ0n) is 5.47. The molecule has 2 rings (SSSR count). The van der Waals surface area contributed by atoms with E-state index in [-0.39, 0.29) is 0 Å². The Labute approximate surface area is 56.1 Å². The second-order valence-electron chi connectivity index (χ2n) is 3.23. The lowest BCUT2D eigenvalue weighted by Gasteiger charge is -2.04. The summed E-state index contributed by atoms with van der Waals surface area (Å²) in [4.78, 5) is 10.8. The van der Waals surface area contributed by atoms with E-state index in [1.165, 1.54) is 12.6 Å². The minimum Gasteiger partial charge on any atom is -0.300 e. The monoisotopic (exact) mass is 121 g/mol. The van der Waals surface area contributed by atoms with Crippen LogP contribution in [0, 0.1) is 11.8 Å². The van der Waals surface area contributed by atoms with Gasteiger partial charge in [-0.15, -0.1) is 0 Å². The Balaban J connectivity index is 2.09. The molecule has 0 spiro atoms. The Kier molecular flexibility index (Phi) is 1.14. The van der Waals surface area contributed by atoms with E-state index < -0.39 is 0 Å². The van der Waals surface area contributed by atoms with Crippen LogP contribution in [0.3, 0.4) is 0 Å². The van der Waals surface area contributed by atoms with Crippen molar-refractivity contribution in [3.8, 4) is 0 Å². The van der Waals surface area contributed by atoms with E-state index >= 15 is 0 Å². The number of hydrogen-bond acceptors (Lipinski definition) is 1. The Bertz CT molecular complexity index is 130. The molecule has 0 aromatic heterocycles. The van der Waals surface area contributed by atoms with Gasteiger partial charge in [0.05, 0.1) is 0 Å². The molecule has 1 aliphatic carbocycles. The SMILES string of the molecule is O=C1CC2C[B]CC2C1. The average Bonchev–Trinajstić information content (AvgIpc) is 2.22. The molecule has 2 fully saturated rings. The fraction of sp³-hybridized carbons (Fsp3) is 0.857. The fourth-order valence-corrected chi connectivity index (χ4v) is 2.08. The van der Waals surface area contributed by atoms with Gasteiger partial charge in [-0.25, -0.2) is 0 Å². The summed E-state index contributed by atoms with van der Waals surface area (Å²) in [6.07, 6.45) is 4.16. The normalized spacial score (nSPS) is 40.7. The number of hydrogen-bond donors (Lipinski definition) is 0. The van der Waals surface area contributed by atoms with Crippen molar-refractivity contribution in [1.29, 1.82) is 0 Å². The second-order valence-corrected chi connectivity index (χ2v) is 3.23. The summed E-state index contributed by atoms with van der Waals surface area (Å²) in [5.41, 5.74) is 0. The van der Waals surface area contributed by atoms with Crippen LogP contribution < -0.4 is 0 Å². The van der Waals surface area contributed by atoms with Crippen LogP contribution >= 0.6 is 0 Å². The summed E-state index contributed by atoms with van der Waals surface area (Å²) in [6, 6.07) is 0. The van der Waals surface area contributed by atoms with Gasteiger partial charge in [-0.2, -0.15) is 0 Å². The maximum absolute atomic E-state index is 10.8. The fourth-order valence-electron chi connectivity index (χ4n) is 2.08. The van der Waals surface area contributed by atoms with Crippen molar-refractivity contribution in [3.05, 3.63) is 0 Å². The molecule has 1 aliphatic heterocycles. The molecule has 1 nitrogen and oxygen atoms in total. The van der Waals surface area contributed by atoms with Gasteiger partial charge in [-0.05, 0) is 11.8 Å². The minimum atomic E-state index is 0.498. The third-order valence-electron chi connectivity index (χ3n) is 2.59. The maximum Gasteiger partial charge on any atom is 0.133 e. The molecular weight excluding hydrogens is 111 g/mol. The number of Topliss-reactive ketones (excluding diaryl/α,β-unsaturated/α-hetero) is 1. The molecule has 1 saturated heterocycles. The molecule has 2 heteroatoms. The highest BCUT2D eigenvalue weighted by Gasteiger charge is 2.36. The van der Waals surface area contributed by atoms with Crippen LogP contribution in [0.15, 0.2) is 0 Å². The van der Waals surface area contributed by atoms with Gasteiger partial charge in [-0.1, -0.05) is 12.6 Å². The van der Waals surface area contributed by atoms with Gasteiger partial charge in [-0.3, -0.25) is 4.79 Å². The second kappa shape index (κ2) is 1.86. The third kappa shape index (κ3) is 0.809. The maximum atomic E-state index is 10.8. The van der Waals surface area contributed by atoms with Crippen molar-refractivity contribution in [1.82, 2.24) is 0 Å². The zero-order valence-corrected chi connectivity index (χ0v) is 5.47. The smallest absolute Gasteiger partial charge is 0.133 e.